The highest BCUT2D eigenvalue weighted by Gasteiger charge is 2.12. The molecule has 2 aromatic carbocycles. The molecule has 0 saturated heterocycles. The number of fused-ring (bicyclic) bond motifs is 1. The lowest BCUT2D eigenvalue weighted by Crippen LogP contribution is -2.37. The lowest BCUT2D eigenvalue weighted by molar-refractivity contribution is 0.357. The first kappa shape index (κ1) is 22.1. The molecule has 4 rings (SSSR count). The highest BCUT2D eigenvalue weighted by molar-refractivity contribution is 14.0. The second-order valence-corrected chi connectivity index (χ2v) is 7.13. The second-order valence-electron chi connectivity index (χ2n) is 7.13. The Bertz CT molecular complexity index is 999. The van der Waals surface area contributed by atoms with Gasteiger partial charge >= 0.3 is 0 Å². The number of aromatic nitrogens is 1. The number of aryl methyl sites for hydroxylation is 1. The summed E-state index contributed by atoms with van der Waals surface area (Å²) >= 11 is 0. The van der Waals surface area contributed by atoms with Gasteiger partial charge in [0.2, 0.25) is 5.89 Å². The van der Waals surface area contributed by atoms with Crippen molar-refractivity contribution in [2.75, 3.05) is 20.2 Å². The van der Waals surface area contributed by atoms with Gasteiger partial charge in [-0.1, -0.05) is 42.0 Å². The second kappa shape index (κ2) is 10.5. The molecule has 6 nitrogen and oxygen atoms in total. The van der Waals surface area contributed by atoms with Crippen LogP contribution in [-0.4, -0.2) is 31.1 Å². The van der Waals surface area contributed by atoms with Crippen molar-refractivity contribution in [3.8, 4) is 17.1 Å². The van der Waals surface area contributed by atoms with E-state index in [1.807, 2.05) is 12.1 Å². The van der Waals surface area contributed by atoms with Crippen LogP contribution in [0.5, 0.6) is 5.75 Å². The molecular formula is C23H27IN4O2. The van der Waals surface area contributed by atoms with E-state index in [0.29, 0.717) is 12.4 Å². The number of aliphatic imine (C=N–C) groups is 1. The van der Waals surface area contributed by atoms with Gasteiger partial charge in [-0.15, -0.1) is 24.0 Å². The maximum absolute atomic E-state index is 5.85. The van der Waals surface area contributed by atoms with E-state index < -0.39 is 0 Å². The monoisotopic (exact) mass is 518 g/mol. The normalized spacial score (nSPS) is 12.7. The molecule has 0 bridgehead atoms. The maximum Gasteiger partial charge on any atom is 0.214 e. The van der Waals surface area contributed by atoms with Gasteiger partial charge in [-0.25, -0.2) is 4.98 Å². The minimum atomic E-state index is 0. The molecular weight excluding hydrogens is 491 g/mol. The number of hydrogen-bond acceptors (Lipinski definition) is 4. The maximum atomic E-state index is 5.85. The summed E-state index contributed by atoms with van der Waals surface area (Å²) in [5.74, 6) is 3.15. The van der Waals surface area contributed by atoms with Gasteiger partial charge in [0.1, 0.15) is 5.75 Å². The van der Waals surface area contributed by atoms with Gasteiger partial charge in [-0.05, 0) is 30.5 Å². The molecule has 30 heavy (non-hydrogen) atoms. The van der Waals surface area contributed by atoms with Crippen molar-refractivity contribution < 1.29 is 9.15 Å². The van der Waals surface area contributed by atoms with Crippen LogP contribution in [0, 0.1) is 6.92 Å². The first-order valence-corrected chi connectivity index (χ1v) is 9.92. The molecule has 1 aliphatic heterocycles. The van der Waals surface area contributed by atoms with Crippen LogP contribution in [0.25, 0.3) is 11.3 Å². The predicted molar refractivity (Wildman–Crippen MR) is 130 cm³/mol. The number of rotatable bonds is 6. The van der Waals surface area contributed by atoms with Crippen LogP contribution in [0.2, 0.25) is 0 Å². The van der Waals surface area contributed by atoms with E-state index in [9.17, 15) is 0 Å². The summed E-state index contributed by atoms with van der Waals surface area (Å²) in [5.41, 5.74) is 4.85. The summed E-state index contributed by atoms with van der Waals surface area (Å²) in [4.78, 5) is 8.63. The molecule has 0 atom stereocenters. The van der Waals surface area contributed by atoms with Gasteiger partial charge < -0.3 is 19.8 Å². The van der Waals surface area contributed by atoms with Gasteiger partial charge in [0.25, 0.3) is 0 Å². The summed E-state index contributed by atoms with van der Waals surface area (Å²) in [5, 5.41) is 6.59. The summed E-state index contributed by atoms with van der Waals surface area (Å²) in [6.07, 6.45) is 3.68. The fourth-order valence-electron chi connectivity index (χ4n) is 3.34. The van der Waals surface area contributed by atoms with Crippen molar-refractivity contribution in [3.05, 3.63) is 71.2 Å². The summed E-state index contributed by atoms with van der Waals surface area (Å²) < 4.78 is 11.4. The van der Waals surface area contributed by atoms with E-state index in [2.05, 4.69) is 57.9 Å². The van der Waals surface area contributed by atoms with Crippen LogP contribution in [0.4, 0.5) is 0 Å². The average molecular weight is 518 g/mol. The molecule has 0 amide bonds. The molecule has 7 heteroatoms. The Hall–Kier alpha value is -2.55. The minimum Gasteiger partial charge on any atom is -0.493 e. The van der Waals surface area contributed by atoms with Gasteiger partial charge in [-0.2, -0.15) is 0 Å². The molecule has 2 N–H and O–H groups in total. The summed E-state index contributed by atoms with van der Waals surface area (Å²) in [7, 11) is 1.76. The minimum absolute atomic E-state index is 0. The Morgan fingerprint density at radius 3 is 2.77 bits per heavy atom. The molecule has 0 unspecified atom stereocenters. The Kier molecular flexibility index (Phi) is 7.73. The standard InChI is InChI=1S/C23H26N4O2.HI/c1-16-3-6-18(7-4-16)21-14-26-22(29-21)15-27-23(24-2)25-11-9-17-5-8-20-19(13-17)10-12-28-20;/h3-8,13-14H,9-12,15H2,1-2H3,(H2,24,25,27);1H. The molecule has 0 saturated carbocycles. The van der Waals surface area contributed by atoms with Crippen molar-refractivity contribution in [3.63, 3.8) is 0 Å². The van der Waals surface area contributed by atoms with Crippen LogP contribution in [-0.2, 0) is 19.4 Å². The molecule has 2 heterocycles. The van der Waals surface area contributed by atoms with Crippen molar-refractivity contribution in [1.29, 1.82) is 0 Å². The van der Waals surface area contributed by atoms with Crippen molar-refractivity contribution in [2.24, 2.45) is 4.99 Å². The average Bonchev–Trinajstić information content (AvgIpc) is 3.40. The molecule has 0 radical (unpaired) electrons. The largest absolute Gasteiger partial charge is 0.493 e. The smallest absolute Gasteiger partial charge is 0.214 e. The third kappa shape index (κ3) is 5.53. The number of oxazole rings is 1. The van der Waals surface area contributed by atoms with Crippen LogP contribution in [0.15, 0.2) is 58.1 Å². The zero-order valence-corrected chi connectivity index (χ0v) is 19.6. The topological polar surface area (TPSA) is 71.7 Å². The third-order valence-electron chi connectivity index (χ3n) is 4.98. The van der Waals surface area contributed by atoms with Gasteiger partial charge in [0, 0.05) is 25.6 Å². The number of halogens is 1. The van der Waals surface area contributed by atoms with Crippen LogP contribution >= 0.6 is 24.0 Å². The van der Waals surface area contributed by atoms with Gasteiger partial charge in [0.15, 0.2) is 11.7 Å². The zero-order valence-electron chi connectivity index (χ0n) is 17.3. The van der Waals surface area contributed by atoms with Crippen LogP contribution in [0.3, 0.4) is 0 Å². The van der Waals surface area contributed by atoms with Crippen molar-refractivity contribution in [1.82, 2.24) is 15.6 Å². The molecule has 0 fully saturated rings. The van der Waals surface area contributed by atoms with Crippen LogP contribution < -0.4 is 15.4 Å². The Balaban J connectivity index is 0.00000256. The number of hydrogen-bond donors (Lipinski definition) is 2. The quantitative estimate of drug-likeness (QED) is 0.292. The van der Waals surface area contributed by atoms with Crippen molar-refractivity contribution in [2.45, 2.75) is 26.3 Å². The Labute approximate surface area is 194 Å². The van der Waals surface area contributed by atoms with E-state index >= 15 is 0 Å². The van der Waals surface area contributed by atoms with Gasteiger partial charge in [-0.3, -0.25) is 4.99 Å². The number of nitrogens with one attached hydrogen (secondary N) is 2. The highest BCUT2D eigenvalue weighted by Crippen LogP contribution is 2.26. The zero-order chi connectivity index (χ0) is 20.1. The molecule has 1 aliphatic rings. The van der Waals surface area contributed by atoms with Gasteiger partial charge in [0.05, 0.1) is 19.3 Å². The fraction of sp³-hybridized carbons (Fsp3) is 0.304. The Morgan fingerprint density at radius 1 is 1.13 bits per heavy atom. The van der Waals surface area contributed by atoms with E-state index in [4.69, 9.17) is 9.15 Å². The van der Waals surface area contributed by atoms with E-state index in [1.165, 1.54) is 16.7 Å². The SMILES string of the molecule is CN=C(NCCc1ccc2c(c1)CCO2)NCc1ncc(-c2ccc(C)cc2)o1.I. The number of nitrogens with zero attached hydrogens (tertiary/aromatic N) is 2. The van der Waals surface area contributed by atoms with Crippen LogP contribution in [0.1, 0.15) is 22.6 Å². The first-order chi connectivity index (χ1) is 14.2. The van der Waals surface area contributed by atoms with E-state index in [0.717, 1.165) is 49.0 Å². The van der Waals surface area contributed by atoms with Crippen molar-refractivity contribution >= 4 is 29.9 Å². The fourth-order valence-corrected chi connectivity index (χ4v) is 3.34. The molecule has 158 valence electrons. The summed E-state index contributed by atoms with van der Waals surface area (Å²) in [6.45, 7) is 4.12. The molecule has 1 aromatic heterocycles. The molecule has 3 aromatic rings. The first-order valence-electron chi connectivity index (χ1n) is 9.92. The highest BCUT2D eigenvalue weighted by atomic mass is 127. The lowest BCUT2D eigenvalue weighted by Gasteiger charge is -2.11. The molecule has 0 aliphatic carbocycles. The number of guanidine groups is 1. The predicted octanol–water partition coefficient (Wildman–Crippen LogP) is 4.11. The molecule has 0 spiro atoms. The third-order valence-corrected chi connectivity index (χ3v) is 4.98. The number of benzene rings is 2. The van der Waals surface area contributed by atoms with E-state index in [-0.39, 0.29) is 24.0 Å². The Morgan fingerprint density at radius 2 is 1.97 bits per heavy atom. The lowest BCUT2D eigenvalue weighted by atomic mass is 10.1. The number of ether oxygens (including phenoxy) is 1. The summed E-state index contributed by atoms with van der Waals surface area (Å²) in [6, 6.07) is 14.6. The van der Waals surface area contributed by atoms with E-state index in [1.54, 1.807) is 13.2 Å².